The summed E-state index contributed by atoms with van der Waals surface area (Å²) >= 11 is 5.40. The number of nitro benzene ring substituents is 1. The van der Waals surface area contributed by atoms with Crippen LogP contribution >= 0.6 is 11.6 Å². The molecule has 0 aliphatic heterocycles. The van der Waals surface area contributed by atoms with Crippen molar-refractivity contribution in [3.63, 3.8) is 0 Å². The van der Waals surface area contributed by atoms with Crippen molar-refractivity contribution in [3.05, 3.63) is 33.9 Å². The van der Waals surface area contributed by atoms with Gasteiger partial charge < -0.3 is 9.84 Å². The van der Waals surface area contributed by atoms with Gasteiger partial charge in [-0.3, -0.25) is 10.1 Å². The molecule has 0 heterocycles. The van der Waals surface area contributed by atoms with Gasteiger partial charge in [-0.05, 0) is 19.1 Å². The number of alkyl halides is 1. The van der Waals surface area contributed by atoms with Gasteiger partial charge in [-0.25, -0.2) is 0 Å². The van der Waals surface area contributed by atoms with Crippen molar-refractivity contribution in [1.29, 1.82) is 0 Å². The monoisotopic (exact) mass is 245 g/mol. The minimum absolute atomic E-state index is 0.0465. The number of rotatable bonds is 5. The summed E-state index contributed by atoms with van der Waals surface area (Å²) < 4.78 is 5.22. The first-order chi connectivity index (χ1) is 7.54. The van der Waals surface area contributed by atoms with Gasteiger partial charge in [0.1, 0.15) is 18.5 Å². The van der Waals surface area contributed by atoms with Crippen LogP contribution in [0.25, 0.3) is 0 Å². The van der Waals surface area contributed by atoms with Crippen LogP contribution < -0.4 is 4.74 Å². The highest BCUT2D eigenvalue weighted by molar-refractivity contribution is 6.18. The molecule has 6 heteroatoms. The summed E-state index contributed by atoms with van der Waals surface area (Å²) in [5, 5.41) is 19.7. The fourth-order valence-electron chi connectivity index (χ4n) is 1.16. The summed E-state index contributed by atoms with van der Waals surface area (Å²) in [6.07, 6.45) is -0.739. The van der Waals surface area contributed by atoms with Gasteiger partial charge in [0.05, 0.1) is 10.8 Å². The first-order valence-electron chi connectivity index (χ1n) is 4.66. The van der Waals surface area contributed by atoms with Crippen LogP contribution in [0.3, 0.4) is 0 Å². The van der Waals surface area contributed by atoms with Crippen LogP contribution in [0.1, 0.15) is 5.56 Å². The highest BCUT2D eigenvalue weighted by Crippen LogP contribution is 2.23. The number of halogens is 1. The van der Waals surface area contributed by atoms with E-state index < -0.39 is 11.0 Å². The maximum absolute atomic E-state index is 10.6. The van der Waals surface area contributed by atoms with E-state index in [4.69, 9.17) is 21.4 Å². The smallest absolute Gasteiger partial charge is 0.272 e. The van der Waals surface area contributed by atoms with E-state index in [1.54, 1.807) is 13.0 Å². The number of nitrogens with zero attached hydrogens (tertiary/aromatic N) is 1. The number of aryl methyl sites for hydroxylation is 1. The molecular weight excluding hydrogens is 234 g/mol. The Morgan fingerprint density at radius 1 is 1.62 bits per heavy atom. The molecule has 16 heavy (non-hydrogen) atoms. The minimum atomic E-state index is -0.739. The van der Waals surface area contributed by atoms with E-state index in [0.717, 1.165) is 0 Å². The summed E-state index contributed by atoms with van der Waals surface area (Å²) in [5.41, 5.74) is 0.563. The van der Waals surface area contributed by atoms with Crippen molar-refractivity contribution in [2.24, 2.45) is 0 Å². The molecule has 1 N–H and O–H groups in total. The summed E-state index contributed by atoms with van der Waals surface area (Å²) in [5.74, 6) is 0.568. The topological polar surface area (TPSA) is 72.6 Å². The molecule has 0 aliphatic carbocycles. The molecule has 88 valence electrons. The fraction of sp³-hybridized carbons (Fsp3) is 0.400. The van der Waals surface area contributed by atoms with Crippen molar-refractivity contribution < 1.29 is 14.8 Å². The number of ether oxygens (including phenoxy) is 1. The van der Waals surface area contributed by atoms with Gasteiger partial charge in [0.25, 0.3) is 5.69 Å². The number of benzene rings is 1. The van der Waals surface area contributed by atoms with Crippen LogP contribution in [-0.4, -0.2) is 28.6 Å². The lowest BCUT2D eigenvalue weighted by atomic mass is 10.2. The largest absolute Gasteiger partial charge is 0.491 e. The standard InChI is InChI=1S/C10H12ClNO4/c1-7-4-9(16-6-8(13)5-11)2-3-10(7)12(14)15/h2-4,8,13H,5-6H2,1H3. The van der Waals surface area contributed by atoms with Crippen LogP contribution in [-0.2, 0) is 0 Å². The van der Waals surface area contributed by atoms with Crippen molar-refractivity contribution >= 4 is 17.3 Å². The third-order valence-electron chi connectivity index (χ3n) is 1.99. The molecule has 0 saturated heterocycles. The normalized spacial score (nSPS) is 12.2. The molecule has 0 radical (unpaired) electrons. The predicted octanol–water partition coefficient (Wildman–Crippen LogP) is 1.88. The Morgan fingerprint density at radius 2 is 2.31 bits per heavy atom. The van der Waals surface area contributed by atoms with Gasteiger partial charge >= 0.3 is 0 Å². The van der Waals surface area contributed by atoms with Crippen molar-refractivity contribution in [3.8, 4) is 5.75 Å². The average molecular weight is 246 g/mol. The van der Waals surface area contributed by atoms with Crippen molar-refractivity contribution in [2.45, 2.75) is 13.0 Å². The van der Waals surface area contributed by atoms with Crippen LogP contribution in [0.4, 0.5) is 5.69 Å². The van der Waals surface area contributed by atoms with Gasteiger partial charge in [0.15, 0.2) is 0 Å². The van der Waals surface area contributed by atoms with E-state index in [1.165, 1.54) is 12.1 Å². The number of aliphatic hydroxyl groups is 1. The lowest BCUT2D eigenvalue weighted by Crippen LogP contribution is -2.18. The highest BCUT2D eigenvalue weighted by atomic mass is 35.5. The van der Waals surface area contributed by atoms with Crippen LogP contribution in [0, 0.1) is 17.0 Å². The molecule has 0 bridgehead atoms. The number of nitro groups is 1. The Labute approximate surface area is 97.8 Å². The second kappa shape index (κ2) is 5.67. The third kappa shape index (κ3) is 3.36. The first-order valence-corrected chi connectivity index (χ1v) is 5.20. The molecular formula is C10H12ClNO4. The van der Waals surface area contributed by atoms with Gasteiger partial charge in [-0.1, -0.05) is 0 Å². The summed E-state index contributed by atoms with van der Waals surface area (Å²) in [7, 11) is 0. The molecule has 0 spiro atoms. The van der Waals surface area contributed by atoms with Crippen LogP contribution in [0.15, 0.2) is 18.2 Å². The van der Waals surface area contributed by atoms with Gasteiger partial charge in [-0.2, -0.15) is 0 Å². The predicted molar refractivity (Wildman–Crippen MR) is 60.1 cm³/mol. The Bertz CT molecular complexity index is 383. The van der Waals surface area contributed by atoms with E-state index in [-0.39, 0.29) is 18.2 Å². The Hall–Kier alpha value is -1.33. The van der Waals surface area contributed by atoms with E-state index in [0.29, 0.717) is 11.3 Å². The SMILES string of the molecule is Cc1cc(OCC(O)CCl)ccc1[N+](=O)[O-]. The fourth-order valence-corrected chi connectivity index (χ4v) is 1.25. The molecule has 1 aromatic rings. The molecule has 0 aliphatic rings. The number of hydrogen-bond donors (Lipinski definition) is 1. The van der Waals surface area contributed by atoms with Gasteiger partial charge in [0, 0.05) is 11.6 Å². The van der Waals surface area contributed by atoms with E-state index in [9.17, 15) is 10.1 Å². The molecule has 0 saturated carbocycles. The van der Waals surface area contributed by atoms with E-state index in [1.807, 2.05) is 0 Å². The zero-order chi connectivity index (χ0) is 12.1. The second-order valence-electron chi connectivity index (χ2n) is 3.32. The maximum atomic E-state index is 10.6. The second-order valence-corrected chi connectivity index (χ2v) is 3.63. The third-order valence-corrected chi connectivity index (χ3v) is 2.34. The Kier molecular flexibility index (Phi) is 4.52. The van der Waals surface area contributed by atoms with Crippen LogP contribution in [0.2, 0.25) is 0 Å². The maximum Gasteiger partial charge on any atom is 0.272 e. The first kappa shape index (κ1) is 12.7. The summed E-state index contributed by atoms with van der Waals surface area (Å²) in [6, 6.07) is 4.42. The zero-order valence-corrected chi connectivity index (χ0v) is 9.48. The number of hydrogen-bond acceptors (Lipinski definition) is 4. The minimum Gasteiger partial charge on any atom is -0.491 e. The highest BCUT2D eigenvalue weighted by Gasteiger charge is 2.11. The molecule has 1 atom stereocenters. The van der Waals surface area contributed by atoms with Crippen molar-refractivity contribution in [2.75, 3.05) is 12.5 Å². The summed E-state index contributed by atoms with van der Waals surface area (Å²) in [6.45, 7) is 1.70. The Balaban J connectivity index is 2.70. The number of aliphatic hydroxyl groups excluding tert-OH is 1. The lowest BCUT2D eigenvalue weighted by molar-refractivity contribution is -0.385. The molecule has 0 amide bonds. The van der Waals surface area contributed by atoms with E-state index >= 15 is 0 Å². The molecule has 1 rings (SSSR count). The van der Waals surface area contributed by atoms with Gasteiger partial charge in [0.2, 0.25) is 0 Å². The average Bonchev–Trinajstić information content (AvgIpc) is 2.25. The quantitative estimate of drug-likeness (QED) is 0.488. The summed E-state index contributed by atoms with van der Waals surface area (Å²) in [4.78, 5) is 10.1. The molecule has 5 nitrogen and oxygen atoms in total. The molecule has 0 aromatic heterocycles. The molecule has 1 aromatic carbocycles. The molecule has 0 fully saturated rings. The van der Waals surface area contributed by atoms with Crippen molar-refractivity contribution in [1.82, 2.24) is 0 Å². The lowest BCUT2D eigenvalue weighted by Gasteiger charge is -2.09. The molecule has 1 unspecified atom stereocenters. The van der Waals surface area contributed by atoms with E-state index in [2.05, 4.69) is 0 Å². The zero-order valence-electron chi connectivity index (χ0n) is 8.72. The Morgan fingerprint density at radius 3 is 2.81 bits per heavy atom. The van der Waals surface area contributed by atoms with Crippen LogP contribution in [0.5, 0.6) is 5.75 Å². The van der Waals surface area contributed by atoms with Gasteiger partial charge in [-0.15, -0.1) is 11.6 Å².